The summed E-state index contributed by atoms with van der Waals surface area (Å²) >= 11 is 0. The Morgan fingerprint density at radius 3 is 2.49 bits per heavy atom. The van der Waals surface area contributed by atoms with E-state index >= 15 is 0 Å². The van der Waals surface area contributed by atoms with Crippen LogP contribution in [0.5, 0.6) is 0 Å². The molecule has 2 heterocycles. The number of nitrogens with zero attached hydrogens (tertiary/aromatic N) is 1. The average Bonchev–Trinajstić information content (AvgIpc) is 3.38. The third-order valence-electron chi connectivity index (χ3n) is 7.87. The average molecular weight is 598 g/mol. The van der Waals surface area contributed by atoms with Crippen LogP contribution in [0.2, 0.25) is 0 Å². The van der Waals surface area contributed by atoms with Crippen LogP contribution in [-0.2, 0) is 23.9 Å². The van der Waals surface area contributed by atoms with Crippen molar-refractivity contribution < 1.29 is 23.9 Å². The van der Waals surface area contributed by atoms with Crippen LogP contribution in [0.1, 0.15) is 91.5 Å². The molecule has 0 bridgehead atoms. The molecule has 2 aromatic rings. The number of amides is 3. The number of H-pyrrole nitrogens is 1. The second kappa shape index (κ2) is 15.4. The van der Waals surface area contributed by atoms with E-state index < -0.39 is 41.4 Å². The smallest absolute Gasteiger partial charge is 0.329 e. The first kappa shape index (κ1) is 34.1. The summed E-state index contributed by atoms with van der Waals surface area (Å²) < 4.78 is 5.62. The number of aromatic amines is 1. The molecule has 5 N–H and O–H groups in total. The van der Waals surface area contributed by atoms with Crippen LogP contribution in [0.15, 0.2) is 30.5 Å². The summed E-state index contributed by atoms with van der Waals surface area (Å²) in [5.41, 5.74) is 6.76. The SMILES string of the molecule is CC(C)CC(=O)N1CCCC(C(=O)N[C@H](C(=O)N[C@@H](CCCCN)C(=O)OC(C)(C)C)[C@@H](C)c2c[nH]c3ccccc23)C1. The zero-order chi connectivity index (χ0) is 31.7. The maximum atomic E-state index is 14.0. The van der Waals surface area contributed by atoms with Crippen LogP contribution in [-0.4, -0.2) is 70.9 Å². The maximum absolute atomic E-state index is 14.0. The van der Waals surface area contributed by atoms with E-state index in [1.54, 1.807) is 25.7 Å². The minimum Gasteiger partial charge on any atom is -0.458 e. The highest BCUT2D eigenvalue weighted by Gasteiger charge is 2.36. The third kappa shape index (κ3) is 9.81. The summed E-state index contributed by atoms with van der Waals surface area (Å²) in [5.74, 6) is -1.83. The molecule has 10 heteroatoms. The molecule has 4 atom stereocenters. The van der Waals surface area contributed by atoms with Crippen molar-refractivity contribution in [3.05, 3.63) is 36.0 Å². The molecule has 0 spiro atoms. The fourth-order valence-electron chi connectivity index (χ4n) is 5.61. The first-order chi connectivity index (χ1) is 20.3. The lowest BCUT2D eigenvalue weighted by atomic mass is 9.90. The van der Waals surface area contributed by atoms with Crippen molar-refractivity contribution in [1.29, 1.82) is 0 Å². The van der Waals surface area contributed by atoms with Crippen LogP contribution in [0.4, 0.5) is 0 Å². The summed E-state index contributed by atoms with van der Waals surface area (Å²) in [6, 6.07) is 5.95. The Morgan fingerprint density at radius 1 is 1.09 bits per heavy atom. The van der Waals surface area contributed by atoms with Crippen LogP contribution in [0.25, 0.3) is 10.9 Å². The van der Waals surface area contributed by atoms with Gasteiger partial charge in [-0.1, -0.05) is 39.0 Å². The number of carbonyl (C=O) groups is 4. The van der Waals surface area contributed by atoms with Gasteiger partial charge in [0.15, 0.2) is 0 Å². The van der Waals surface area contributed by atoms with Crippen molar-refractivity contribution in [2.75, 3.05) is 19.6 Å². The normalized spacial score (nSPS) is 17.8. The van der Waals surface area contributed by atoms with Gasteiger partial charge in [-0.3, -0.25) is 14.4 Å². The Bertz CT molecular complexity index is 1250. The molecule has 1 aromatic carbocycles. The number of esters is 1. The number of para-hydroxylation sites is 1. The number of hydrogen-bond acceptors (Lipinski definition) is 6. The van der Waals surface area contributed by atoms with E-state index in [1.165, 1.54) is 0 Å². The number of rotatable bonds is 13. The van der Waals surface area contributed by atoms with E-state index in [0.29, 0.717) is 51.7 Å². The Morgan fingerprint density at radius 2 is 1.81 bits per heavy atom. The van der Waals surface area contributed by atoms with Gasteiger partial charge in [-0.25, -0.2) is 4.79 Å². The minimum atomic E-state index is -0.965. The van der Waals surface area contributed by atoms with Crippen LogP contribution < -0.4 is 16.4 Å². The molecule has 0 aliphatic carbocycles. The van der Waals surface area contributed by atoms with Crippen LogP contribution in [0.3, 0.4) is 0 Å². The highest BCUT2D eigenvalue weighted by Crippen LogP contribution is 2.29. The van der Waals surface area contributed by atoms with E-state index in [9.17, 15) is 19.2 Å². The number of aromatic nitrogens is 1. The number of nitrogens with one attached hydrogen (secondary N) is 3. The molecule has 1 aromatic heterocycles. The van der Waals surface area contributed by atoms with Gasteiger partial charge in [0.05, 0.1) is 5.92 Å². The van der Waals surface area contributed by atoms with Gasteiger partial charge in [-0.05, 0) is 77.0 Å². The molecular formula is C33H51N5O5. The molecule has 1 unspecified atom stereocenters. The molecule has 1 fully saturated rings. The summed E-state index contributed by atoms with van der Waals surface area (Å²) in [4.78, 5) is 58.6. The van der Waals surface area contributed by atoms with Gasteiger partial charge in [0.25, 0.3) is 0 Å². The first-order valence-electron chi connectivity index (χ1n) is 15.7. The van der Waals surface area contributed by atoms with Crippen molar-refractivity contribution in [1.82, 2.24) is 20.5 Å². The molecule has 10 nitrogen and oxygen atoms in total. The monoisotopic (exact) mass is 597 g/mol. The van der Waals surface area contributed by atoms with Crippen molar-refractivity contribution >= 4 is 34.6 Å². The highest BCUT2D eigenvalue weighted by atomic mass is 16.6. The zero-order valence-electron chi connectivity index (χ0n) is 26.7. The van der Waals surface area contributed by atoms with E-state index in [-0.39, 0.29) is 17.7 Å². The van der Waals surface area contributed by atoms with Crippen LogP contribution in [0, 0.1) is 11.8 Å². The molecule has 1 aliphatic heterocycles. The van der Waals surface area contributed by atoms with E-state index in [1.807, 2.05) is 51.2 Å². The summed E-state index contributed by atoms with van der Waals surface area (Å²) in [6.07, 6.45) is 5.36. The van der Waals surface area contributed by atoms with Gasteiger partial charge in [0.1, 0.15) is 17.7 Å². The Kier molecular flexibility index (Phi) is 12.2. The Balaban J connectivity index is 1.87. The molecule has 1 aliphatic rings. The number of fused-ring (bicyclic) bond motifs is 1. The summed E-state index contributed by atoms with van der Waals surface area (Å²) in [7, 11) is 0. The maximum Gasteiger partial charge on any atom is 0.329 e. The van der Waals surface area contributed by atoms with Gasteiger partial charge in [0, 0.05) is 42.5 Å². The number of unbranched alkanes of at least 4 members (excludes halogenated alkanes) is 1. The highest BCUT2D eigenvalue weighted by molar-refractivity contribution is 5.93. The van der Waals surface area contributed by atoms with Crippen molar-refractivity contribution in [2.24, 2.45) is 17.6 Å². The molecular weight excluding hydrogens is 546 g/mol. The van der Waals surface area contributed by atoms with Crippen LogP contribution >= 0.6 is 0 Å². The fraction of sp³-hybridized carbons (Fsp3) is 0.636. The number of hydrogen-bond donors (Lipinski definition) is 4. The van der Waals surface area contributed by atoms with Gasteiger partial charge in [-0.2, -0.15) is 0 Å². The van der Waals surface area contributed by atoms with E-state index in [2.05, 4.69) is 15.6 Å². The number of benzene rings is 1. The number of nitrogens with two attached hydrogens (primary N) is 1. The predicted octanol–water partition coefficient (Wildman–Crippen LogP) is 4.00. The first-order valence-corrected chi connectivity index (χ1v) is 15.7. The quantitative estimate of drug-likeness (QED) is 0.203. The van der Waals surface area contributed by atoms with Gasteiger partial charge >= 0.3 is 5.97 Å². The minimum absolute atomic E-state index is 0.0478. The van der Waals surface area contributed by atoms with Gasteiger partial charge in [0.2, 0.25) is 17.7 Å². The molecule has 43 heavy (non-hydrogen) atoms. The predicted molar refractivity (Wildman–Crippen MR) is 168 cm³/mol. The number of likely N-dealkylation sites (tertiary alicyclic amines) is 1. The van der Waals surface area contributed by atoms with Gasteiger partial charge < -0.3 is 31.0 Å². The lowest BCUT2D eigenvalue weighted by Crippen LogP contribution is -2.56. The number of ether oxygens (including phenoxy) is 1. The molecule has 3 rings (SSSR count). The Labute approximate surface area is 255 Å². The Hall–Kier alpha value is -3.40. The van der Waals surface area contributed by atoms with E-state index in [0.717, 1.165) is 22.9 Å². The molecule has 0 radical (unpaired) electrons. The van der Waals surface area contributed by atoms with Crippen molar-refractivity contribution in [3.63, 3.8) is 0 Å². The zero-order valence-corrected chi connectivity index (χ0v) is 26.7. The molecule has 3 amide bonds. The lowest BCUT2D eigenvalue weighted by Gasteiger charge is -2.34. The summed E-state index contributed by atoms with van der Waals surface area (Å²) in [5, 5.41) is 6.88. The topological polar surface area (TPSA) is 147 Å². The van der Waals surface area contributed by atoms with E-state index in [4.69, 9.17) is 10.5 Å². The fourth-order valence-corrected chi connectivity index (χ4v) is 5.61. The second-order valence-electron chi connectivity index (χ2n) is 13.2. The standard InChI is InChI=1S/C33H51N5O5/c1-21(2)18-28(39)38-17-11-12-23(20-38)30(40)37-29(22(3)25-19-35-26-14-8-7-13-24(25)26)31(41)36-27(15-9-10-16-34)32(42)43-33(4,5)6/h7-8,13-14,19,21-23,27,29,35H,9-12,15-18,20,34H2,1-6H3,(H,36,41)(H,37,40)/t22-,23?,27-,29-/m0/s1. The lowest BCUT2D eigenvalue weighted by molar-refractivity contribution is -0.159. The second-order valence-corrected chi connectivity index (χ2v) is 13.2. The number of carbonyl (C=O) groups excluding carboxylic acids is 4. The molecule has 1 saturated heterocycles. The number of piperidine rings is 1. The molecule has 0 saturated carbocycles. The van der Waals surface area contributed by atoms with Gasteiger partial charge in [-0.15, -0.1) is 0 Å². The third-order valence-corrected chi connectivity index (χ3v) is 7.87. The molecule has 238 valence electrons. The largest absolute Gasteiger partial charge is 0.458 e. The van der Waals surface area contributed by atoms with Crippen molar-refractivity contribution in [2.45, 2.75) is 104 Å². The summed E-state index contributed by atoms with van der Waals surface area (Å²) in [6.45, 7) is 12.7. The van der Waals surface area contributed by atoms with Crippen molar-refractivity contribution in [3.8, 4) is 0 Å².